The van der Waals surface area contributed by atoms with E-state index >= 15 is 0 Å². The second-order valence-electron chi connectivity index (χ2n) is 5.86. The molecule has 0 spiro atoms. The van der Waals surface area contributed by atoms with Crippen molar-refractivity contribution in [3.63, 3.8) is 0 Å². The van der Waals surface area contributed by atoms with E-state index in [9.17, 15) is 9.50 Å². The lowest BCUT2D eigenvalue weighted by Gasteiger charge is -2.40. The van der Waals surface area contributed by atoms with Gasteiger partial charge in [0, 0.05) is 18.2 Å². The zero-order valence-electron chi connectivity index (χ0n) is 11.1. The lowest BCUT2D eigenvalue weighted by atomic mass is 9.82. The summed E-state index contributed by atoms with van der Waals surface area (Å²) < 4.78 is 24.5. The maximum absolute atomic E-state index is 13.2. The van der Waals surface area contributed by atoms with Gasteiger partial charge in [0.1, 0.15) is 22.8 Å². The van der Waals surface area contributed by atoms with E-state index in [4.69, 9.17) is 9.15 Å². The minimum atomic E-state index is -1.04. The van der Waals surface area contributed by atoms with Crippen LogP contribution in [0, 0.1) is 5.82 Å². The van der Waals surface area contributed by atoms with Crippen LogP contribution in [0.15, 0.2) is 28.7 Å². The normalized spacial score (nSPS) is 26.7. The maximum Gasteiger partial charge on any atom is 0.137 e. The number of fused-ring (bicyclic) bond motifs is 1. The van der Waals surface area contributed by atoms with Gasteiger partial charge >= 0.3 is 0 Å². The molecule has 0 saturated carbocycles. The molecule has 2 heterocycles. The van der Waals surface area contributed by atoms with Crippen molar-refractivity contribution in [3.05, 3.63) is 35.8 Å². The fourth-order valence-corrected chi connectivity index (χ4v) is 2.79. The van der Waals surface area contributed by atoms with Crippen molar-refractivity contribution in [3.8, 4) is 0 Å². The highest BCUT2D eigenvalue weighted by atomic mass is 19.1. The predicted octanol–water partition coefficient (Wildman–Crippen LogP) is 3.35. The minimum absolute atomic E-state index is 0.306. The summed E-state index contributed by atoms with van der Waals surface area (Å²) in [7, 11) is 0. The van der Waals surface area contributed by atoms with Gasteiger partial charge in [-0.25, -0.2) is 4.39 Å². The highest BCUT2D eigenvalue weighted by molar-refractivity contribution is 5.78. The second-order valence-corrected chi connectivity index (χ2v) is 5.86. The van der Waals surface area contributed by atoms with Gasteiger partial charge in [-0.1, -0.05) is 0 Å². The molecule has 19 heavy (non-hydrogen) atoms. The molecule has 3 nitrogen and oxygen atoms in total. The van der Waals surface area contributed by atoms with Gasteiger partial charge in [0.05, 0.1) is 12.2 Å². The van der Waals surface area contributed by atoms with Crippen molar-refractivity contribution in [1.29, 1.82) is 0 Å². The van der Waals surface area contributed by atoms with Crippen LogP contribution >= 0.6 is 0 Å². The number of furan rings is 1. The van der Waals surface area contributed by atoms with Gasteiger partial charge in [-0.3, -0.25) is 0 Å². The first-order valence-electron chi connectivity index (χ1n) is 6.44. The van der Waals surface area contributed by atoms with E-state index in [1.807, 2.05) is 13.8 Å². The van der Waals surface area contributed by atoms with Crippen molar-refractivity contribution >= 4 is 11.0 Å². The zero-order chi connectivity index (χ0) is 13.7. The Morgan fingerprint density at radius 2 is 2.05 bits per heavy atom. The van der Waals surface area contributed by atoms with Gasteiger partial charge in [0.2, 0.25) is 0 Å². The first kappa shape index (κ1) is 12.6. The average molecular weight is 264 g/mol. The van der Waals surface area contributed by atoms with Gasteiger partial charge in [0.15, 0.2) is 0 Å². The maximum atomic E-state index is 13.2. The summed E-state index contributed by atoms with van der Waals surface area (Å²) in [6.07, 6.45) is 0.945. The molecule has 1 atom stereocenters. The van der Waals surface area contributed by atoms with Crippen molar-refractivity contribution < 1.29 is 18.7 Å². The van der Waals surface area contributed by atoms with Gasteiger partial charge in [-0.05, 0) is 38.1 Å². The third-order valence-corrected chi connectivity index (χ3v) is 3.66. The summed E-state index contributed by atoms with van der Waals surface area (Å²) in [6.45, 7) is 4.37. The fourth-order valence-electron chi connectivity index (χ4n) is 2.79. The number of benzene rings is 1. The molecular formula is C15H17FO3. The van der Waals surface area contributed by atoms with Crippen LogP contribution in [0.25, 0.3) is 11.0 Å². The van der Waals surface area contributed by atoms with Crippen LogP contribution in [0.1, 0.15) is 32.4 Å². The summed E-state index contributed by atoms with van der Waals surface area (Å²) in [6, 6.07) is 6.07. The molecule has 0 amide bonds. The number of ether oxygens (including phenoxy) is 1. The standard InChI is InChI=1S/C15H17FO3/c1-14(2)9-15(17,5-6-18-14)13-8-10-7-11(16)3-4-12(10)19-13/h3-4,7-8,17H,5-6,9H2,1-2H3. The number of halogens is 1. The van der Waals surface area contributed by atoms with Crippen LogP contribution < -0.4 is 0 Å². The first-order valence-corrected chi connectivity index (χ1v) is 6.44. The Labute approximate surface area is 111 Å². The quantitative estimate of drug-likeness (QED) is 0.859. The molecule has 1 aliphatic heterocycles. The average Bonchev–Trinajstić information content (AvgIpc) is 2.70. The highest BCUT2D eigenvalue weighted by Crippen LogP contribution is 2.41. The molecule has 0 bridgehead atoms. The number of hydrogen-bond acceptors (Lipinski definition) is 3. The Morgan fingerprint density at radius 1 is 1.26 bits per heavy atom. The molecule has 3 rings (SSSR count). The molecule has 1 fully saturated rings. The monoisotopic (exact) mass is 264 g/mol. The number of hydrogen-bond donors (Lipinski definition) is 1. The molecule has 1 aromatic carbocycles. The lowest BCUT2D eigenvalue weighted by Crippen LogP contribution is -2.43. The molecule has 1 unspecified atom stereocenters. The Kier molecular flexibility index (Phi) is 2.69. The molecule has 0 radical (unpaired) electrons. The summed E-state index contributed by atoms with van der Waals surface area (Å²) in [5.41, 5.74) is -0.844. The van der Waals surface area contributed by atoms with Gasteiger partial charge in [-0.15, -0.1) is 0 Å². The van der Waals surface area contributed by atoms with Crippen molar-refractivity contribution in [1.82, 2.24) is 0 Å². The molecule has 2 aromatic rings. The van der Waals surface area contributed by atoms with Crippen LogP contribution in [-0.4, -0.2) is 17.3 Å². The molecule has 1 aromatic heterocycles. The Balaban J connectivity index is 2.03. The van der Waals surface area contributed by atoms with Crippen molar-refractivity contribution in [2.24, 2.45) is 0 Å². The second kappa shape index (κ2) is 4.05. The van der Waals surface area contributed by atoms with Gasteiger partial charge < -0.3 is 14.3 Å². The molecule has 0 aliphatic carbocycles. The van der Waals surface area contributed by atoms with E-state index in [1.54, 1.807) is 12.1 Å². The first-order chi connectivity index (χ1) is 8.88. The van der Waals surface area contributed by atoms with E-state index in [0.29, 0.717) is 36.2 Å². The van der Waals surface area contributed by atoms with Crippen LogP contribution in [0.5, 0.6) is 0 Å². The number of rotatable bonds is 1. The minimum Gasteiger partial charge on any atom is -0.458 e. The predicted molar refractivity (Wildman–Crippen MR) is 69.3 cm³/mol. The van der Waals surface area contributed by atoms with E-state index in [1.165, 1.54) is 12.1 Å². The molecule has 1 aliphatic rings. The van der Waals surface area contributed by atoms with Crippen LogP contribution in [0.3, 0.4) is 0 Å². The largest absolute Gasteiger partial charge is 0.458 e. The van der Waals surface area contributed by atoms with Crippen LogP contribution in [0.4, 0.5) is 4.39 Å². The SMILES string of the molecule is CC1(C)CC(O)(c2cc3cc(F)ccc3o2)CCO1. The van der Waals surface area contributed by atoms with E-state index in [0.717, 1.165) is 0 Å². The Morgan fingerprint density at radius 3 is 2.79 bits per heavy atom. The molecule has 102 valence electrons. The van der Waals surface area contributed by atoms with Gasteiger partial charge in [-0.2, -0.15) is 0 Å². The van der Waals surface area contributed by atoms with Crippen molar-refractivity contribution in [2.45, 2.75) is 37.9 Å². The van der Waals surface area contributed by atoms with Gasteiger partial charge in [0.25, 0.3) is 0 Å². The van der Waals surface area contributed by atoms with E-state index in [2.05, 4.69) is 0 Å². The van der Waals surface area contributed by atoms with Crippen molar-refractivity contribution in [2.75, 3.05) is 6.61 Å². The number of aliphatic hydroxyl groups is 1. The summed E-state index contributed by atoms with van der Waals surface area (Å²) in [5.74, 6) is 0.184. The molecule has 1 N–H and O–H groups in total. The topological polar surface area (TPSA) is 42.6 Å². The lowest BCUT2D eigenvalue weighted by molar-refractivity contribution is -0.154. The third-order valence-electron chi connectivity index (χ3n) is 3.66. The smallest absolute Gasteiger partial charge is 0.137 e. The highest BCUT2D eigenvalue weighted by Gasteiger charge is 2.42. The summed E-state index contributed by atoms with van der Waals surface area (Å²) in [5, 5.41) is 11.5. The third kappa shape index (κ3) is 2.26. The Bertz CT molecular complexity index is 617. The molecule has 1 saturated heterocycles. The Hall–Kier alpha value is -1.39. The summed E-state index contributed by atoms with van der Waals surface area (Å²) in [4.78, 5) is 0. The van der Waals surface area contributed by atoms with E-state index in [-0.39, 0.29) is 5.82 Å². The molecular weight excluding hydrogens is 247 g/mol. The zero-order valence-corrected chi connectivity index (χ0v) is 11.1. The fraction of sp³-hybridized carbons (Fsp3) is 0.467. The van der Waals surface area contributed by atoms with E-state index < -0.39 is 11.2 Å². The molecule has 4 heteroatoms. The summed E-state index contributed by atoms with van der Waals surface area (Å²) >= 11 is 0. The van der Waals surface area contributed by atoms with Crippen LogP contribution in [0.2, 0.25) is 0 Å². The van der Waals surface area contributed by atoms with Crippen LogP contribution in [-0.2, 0) is 10.3 Å².